The Morgan fingerprint density at radius 3 is 2.41 bits per heavy atom. The first kappa shape index (κ1) is 18.7. The molecule has 0 saturated heterocycles. The standard InChI is InChI=1S/C20H17FN2O3S/c21-27(25,26)18-8-4-7-17(14-18)20(24)23-19-13-16(11-12-22-19)10-9-15-5-2-1-3-6-15/h1-8,11-14H,9-10H2,(H,22,23,24). The molecule has 0 radical (unpaired) electrons. The summed E-state index contributed by atoms with van der Waals surface area (Å²) in [5.41, 5.74) is 2.25. The minimum atomic E-state index is -4.87. The Balaban J connectivity index is 1.70. The zero-order valence-electron chi connectivity index (χ0n) is 14.3. The fourth-order valence-electron chi connectivity index (χ4n) is 2.61. The quantitative estimate of drug-likeness (QED) is 0.656. The predicted molar refractivity (Wildman–Crippen MR) is 101 cm³/mol. The normalized spacial score (nSPS) is 11.1. The third-order valence-electron chi connectivity index (χ3n) is 3.99. The van der Waals surface area contributed by atoms with Gasteiger partial charge in [0.05, 0.1) is 4.90 Å². The van der Waals surface area contributed by atoms with E-state index in [0.29, 0.717) is 5.82 Å². The number of carbonyl (C=O) groups excluding carboxylic acids is 1. The summed E-state index contributed by atoms with van der Waals surface area (Å²) in [5, 5.41) is 2.61. The summed E-state index contributed by atoms with van der Waals surface area (Å²) in [6.07, 6.45) is 3.23. The molecule has 0 atom stereocenters. The maximum atomic E-state index is 13.1. The summed E-state index contributed by atoms with van der Waals surface area (Å²) in [6, 6.07) is 18.5. The topological polar surface area (TPSA) is 76.1 Å². The number of aryl methyl sites for hydroxylation is 2. The number of nitrogens with one attached hydrogen (secondary N) is 1. The molecule has 27 heavy (non-hydrogen) atoms. The molecule has 1 aromatic heterocycles. The molecule has 5 nitrogen and oxygen atoms in total. The van der Waals surface area contributed by atoms with Crippen LogP contribution in [0.15, 0.2) is 77.8 Å². The first-order chi connectivity index (χ1) is 12.9. The maximum absolute atomic E-state index is 13.1. The predicted octanol–water partition coefficient (Wildman–Crippen LogP) is 3.78. The van der Waals surface area contributed by atoms with Crippen molar-refractivity contribution in [2.75, 3.05) is 5.32 Å². The maximum Gasteiger partial charge on any atom is 0.332 e. The third-order valence-corrected chi connectivity index (χ3v) is 4.81. The van der Waals surface area contributed by atoms with Gasteiger partial charge in [0.1, 0.15) is 5.82 Å². The molecular weight excluding hydrogens is 367 g/mol. The lowest BCUT2D eigenvalue weighted by molar-refractivity contribution is 0.102. The van der Waals surface area contributed by atoms with Crippen LogP contribution in [0.2, 0.25) is 0 Å². The number of amides is 1. The number of carbonyl (C=O) groups is 1. The fourth-order valence-corrected chi connectivity index (χ4v) is 3.12. The highest BCUT2D eigenvalue weighted by Gasteiger charge is 2.15. The zero-order valence-corrected chi connectivity index (χ0v) is 15.1. The molecule has 0 fully saturated rings. The van der Waals surface area contributed by atoms with Gasteiger partial charge in [-0.2, -0.15) is 8.42 Å². The van der Waals surface area contributed by atoms with Gasteiger partial charge in [0.15, 0.2) is 0 Å². The second-order valence-electron chi connectivity index (χ2n) is 5.95. The van der Waals surface area contributed by atoms with E-state index in [-0.39, 0.29) is 5.56 Å². The van der Waals surface area contributed by atoms with Crippen LogP contribution in [-0.2, 0) is 23.1 Å². The average Bonchev–Trinajstić information content (AvgIpc) is 2.67. The van der Waals surface area contributed by atoms with Crippen LogP contribution in [0.25, 0.3) is 0 Å². The van der Waals surface area contributed by atoms with E-state index in [4.69, 9.17) is 0 Å². The molecular formula is C20H17FN2O3S. The van der Waals surface area contributed by atoms with Gasteiger partial charge < -0.3 is 5.32 Å². The number of rotatable bonds is 6. The Kier molecular flexibility index (Phi) is 5.61. The van der Waals surface area contributed by atoms with Gasteiger partial charge in [-0.1, -0.05) is 36.4 Å². The first-order valence-electron chi connectivity index (χ1n) is 8.27. The van der Waals surface area contributed by atoms with Gasteiger partial charge in [-0.15, -0.1) is 3.89 Å². The van der Waals surface area contributed by atoms with Crippen LogP contribution < -0.4 is 5.32 Å². The molecule has 0 unspecified atom stereocenters. The van der Waals surface area contributed by atoms with Crippen molar-refractivity contribution in [2.45, 2.75) is 17.7 Å². The lowest BCUT2D eigenvalue weighted by atomic mass is 10.1. The van der Waals surface area contributed by atoms with Crippen LogP contribution in [0, 0.1) is 0 Å². The van der Waals surface area contributed by atoms with Crippen molar-refractivity contribution in [2.24, 2.45) is 0 Å². The molecule has 0 aliphatic rings. The molecule has 1 heterocycles. The molecule has 3 aromatic rings. The molecule has 3 rings (SSSR count). The highest BCUT2D eigenvalue weighted by Crippen LogP contribution is 2.16. The average molecular weight is 384 g/mol. The fraction of sp³-hybridized carbons (Fsp3) is 0.100. The van der Waals surface area contributed by atoms with Crippen molar-refractivity contribution in [1.82, 2.24) is 4.98 Å². The number of hydrogen-bond donors (Lipinski definition) is 1. The lowest BCUT2D eigenvalue weighted by Crippen LogP contribution is -2.13. The monoisotopic (exact) mass is 384 g/mol. The number of pyridine rings is 1. The molecule has 1 amide bonds. The summed E-state index contributed by atoms with van der Waals surface area (Å²) in [4.78, 5) is 15.9. The van der Waals surface area contributed by atoms with E-state index >= 15 is 0 Å². The van der Waals surface area contributed by atoms with E-state index in [2.05, 4.69) is 22.4 Å². The van der Waals surface area contributed by atoms with Crippen molar-refractivity contribution >= 4 is 21.9 Å². The Labute approximate surface area is 157 Å². The molecule has 0 aliphatic heterocycles. The van der Waals surface area contributed by atoms with Crippen molar-refractivity contribution < 1.29 is 17.1 Å². The summed E-state index contributed by atoms with van der Waals surface area (Å²) < 4.78 is 35.1. The summed E-state index contributed by atoms with van der Waals surface area (Å²) >= 11 is 0. The van der Waals surface area contributed by atoms with Crippen LogP contribution in [0.5, 0.6) is 0 Å². The zero-order chi connectivity index (χ0) is 19.3. The van der Waals surface area contributed by atoms with Gasteiger partial charge in [0, 0.05) is 11.8 Å². The van der Waals surface area contributed by atoms with Crippen LogP contribution >= 0.6 is 0 Å². The smallest absolute Gasteiger partial charge is 0.307 e. The van der Waals surface area contributed by atoms with Gasteiger partial charge in [0.2, 0.25) is 0 Å². The Bertz CT molecular complexity index is 1050. The minimum absolute atomic E-state index is 0.0326. The Morgan fingerprint density at radius 2 is 1.67 bits per heavy atom. The number of anilines is 1. The molecule has 0 spiro atoms. The summed E-state index contributed by atoms with van der Waals surface area (Å²) in [6.45, 7) is 0. The molecule has 0 aliphatic carbocycles. The molecule has 7 heteroatoms. The molecule has 0 bridgehead atoms. The highest BCUT2D eigenvalue weighted by atomic mass is 32.3. The van der Waals surface area contributed by atoms with Crippen LogP contribution in [0.1, 0.15) is 21.5 Å². The largest absolute Gasteiger partial charge is 0.332 e. The number of nitrogens with zero attached hydrogens (tertiary/aromatic N) is 1. The van der Waals surface area contributed by atoms with E-state index in [0.717, 1.165) is 30.5 Å². The number of aromatic nitrogens is 1. The van der Waals surface area contributed by atoms with Crippen molar-refractivity contribution in [3.05, 3.63) is 89.6 Å². The Hall–Kier alpha value is -3.06. The van der Waals surface area contributed by atoms with Gasteiger partial charge in [-0.25, -0.2) is 4.98 Å². The van der Waals surface area contributed by atoms with Gasteiger partial charge in [-0.3, -0.25) is 4.79 Å². The van der Waals surface area contributed by atoms with Gasteiger partial charge >= 0.3 is 10.2 Å². The van der Waals surface area contributed by atoms with E-state index in [1.54, 1.807) is 12.3 Å². The van der Waals surface area contributed by atoms with E-state index in [9.17, 15) is 17.1 Å². The number of halogens is 1. The van der Waals surface area contributed by atoms with E-state index < -0.39 is 21.0 Å². The summed E-state index contributed by atoms with van der Waals surface area (Å²) in [7, 11) is -4.87. The second kappa shape index (κ2) is 8.09. The van der Waals surface area contributed by atoms with Crippen LogP contribution in [0.4, 0.5) is 9.70 Å². The SMILES string of the molecule is O=C(Nc1cc(CCc2ccccc2)ccn1)c1cccc(S(=O)(=O)F)c1. The number of benzene rings is 2. The number of hydrogen-bond acceptors (Lipinski definition) is 4. The van der Waals surface area contributed by atoms with Crippen LogP contribution in [-0.4, -0.2) is 19.3 Å². The first-order valence-corrected chi connectivity index (χ1v) is 9.65. The van der Waals surface area contributed by atoms with Crippen molar-refractivity contribution in [3.8, 4) is 0 Å². The van der Waals surface area contributed by atoms with Crippen LogP contribution in [0.3, 0.4) is 0 Å². The van der Waals surface area contributed by atoms with Crippen molar-refractivity contribution in [3.63, 3.8) is 0 Å². The van der Waals surface area contributed by atoms with E-state index in [1.165, 1.54) is 17.7 Å². The van der Waals surface area contributed by atoms with E-state index in [1.807, 2.05) is 24.3 Å². The summed E-state index contributed by atoms with van der Waals surface area (Å²) in [5.74, 6) is -0.215. The molecule has 2 aromatic carbocycles. The molecule has 0 saturated carbocycles. The lowest BCUT2D eigenvalue weighted by Gasteiger charge is -2.07. The molecule has 1 N–H and O–H groups in total. The van der Waals surface area contributed by atoms with Gasteiger partial charge in [-0.05, 0) is 54.3 Å². The third kappa shape index (κ3) is 5.21. The second-order valence-corrected chi connectivity index (χ2v) is 7.30. The van der Waals surface area contributed by atoms with Crippen molar-refractivity contribution in [1.29, 1.82) is 0 Å². The Morgan fingerprint density at radius 1 is 0.926 bits per heavy atom. The molecule has 138 valence electrons. The highest BCUT2D eigenvalue weighted by molar-refractivity contribution is 7.86. The van der Waals surface area contributed by atoms with Gasteiger partial charge in [0.25, 0.3) is 5.91 Å². The minimum Gasteiger partial charge on any atom is -0.307 e.